The van der Waals surface area contributed by atoms with Gasteiger partial charge in [0.25, 0.3) is 0 Å². The minimum absolute atomic E-state index is 0.189. The summed E-state index contributed by atoms with van der Waals surface area (Å²) in [7, 11) is 0. The molecule has 0 atom stereocenters. The summed E-state index contributed by atoms with van der Waals surface area (Å²) in [6, 6.07) is 55.6. The maximum absolute atomic E-state index is 2.63. The Morgan fingerprint density at radius 1 is 0.426 bits per heavy atom. The van der Waals surface area contributed by atoms with E-state index in [2.05, 4.69) is 196 Å². The highest BCUT2D eigenvalue weighted by molar-refractivity contribution is 5.97. The fourth-order valence-electron chi connectivity index (χ4n) is 7.32. The Balaban J connectivity index is 1.52. The van der Waals surface area contributed by atoms with Crippen molar-refractivity contribution >= 4 is 39.2 Å². The molecule has 0 bridgehead atoms. The quantitative estimate of drug-likeness (QED) is 0.135. The third-order valence-electron chi connectivity index (χ3n) is 10.7. The van der Waals surface area contributed by atoms with Crippen LogP contribution in [0.1, 0.15) is 71.4 Å². The van der Waals surface area contributed by atoms with Crippen LogP contribution < -0.4 is 9.80 Å². The summed E-state index contributed by atoms with van der Waals surface area (Å²) in [5, 5.41) is 2.52. The Bertz CT molecular complexity index is 1820. The molecule has 2 nitrogen and oxygen atoms in total. The highest BCUT2D eigenvalue weighted by Crippen LogP contribution is 2.48. The fourth-order valence-corrected chi connectivity index (χ4v) is 7.32. The van der Waals surface area contributed by atoms with E-state index < -0.39 is 0 Å². The van der Waals surface area contributed by atoms with Gasteiger partial charge in [-0.3, -0.25) is 0 Å². The lowest BCUT2D eigenvalue weighted by Gasteiger charge is -2.46. The molecule has 0 radical (unpaired) electrons. The van der Waals surface area contributed by atoms with E-state index >= 15 is 0 Å². The molecule has 0 fully saturated rings. The lowest BCUT2D eigenvalue weighted by atomic mass is 9.75. The molecule has 6 rings (SSSR count). The van der Waals surface area contributed by atoms with Crippen molar-refractivity contribution in [2.24, 2.45) is 0 Å². The van der Waals surface area contributed by atoms with Gasteiger partial charge < -0.3 is 9.80 Å². The van der Waals surface area contributed by atoms with E-state index in [-0.39, 0.29) is 11.0 Å². The molecule has 6 aromatic rings. The van der Waals surface area contributed by atoms with Crippen molar-refractivity contribution in [1.29, 1.82) is 0 Å². The Morgan fingerprint density at radius 3 is 1.45 bits per heavy atom. The molecule has 0 aliphatic rings. The summed E-state index contributed by atoms with van der Waals surface area (Å²) in [6.07, 6.45) is 4.19. The molecule has 2 heteroatoms. The first-order valence-electron chi connectivity index (χ1n) is 17.4. The minimum atomic E-state index is -0.252. The molecular weight excluding hydrogens is 569 g/mol. The lowest BCUT2D eigenvalue weighted by Crippen LogP contribution is -2.43. The molecular formula is C45H48N2. The maximum Gasteiger partial charge on any atom is 0.0697 e. The van der Waals surface area contributed by atoms with E-state index in [1.807, 2.05) is 0 Å². The van der Waals surface area contributed by atoms with Gasteiger partial charge in [-0.1, -0.05) is 132 Å². The number of nitrogens with zero attached hydrogens (tertiary/aromatic N) is 2. The monoisotopic (exact) mass is 616 g/mol. The SMILES string of the molecule is CCC(C)(CC)c1ccc(C(CC)(CC)N(c2ccc(N(c3ccccc3)c3ccccc3)cc2)c2cccc3ccccc23)cc1. The van der Waals surface area contributed by atoms with E-state index in [9.17, 15) is 0 Å². The summed E-state index contributed by atoms with van der Waals surface area (Å²) in [5.74, 6) is 0. The molecule has 0 aromatic heterocycles. The zero-order valence-corrected chi connectivity index (χ0v) is 28.7. The van der Waals surface area contributed by atoms with Crippen LogP contribution in [0, 0.1) is 0 Å². The number of hydrogen-bond acceptors (Lipinski definition) is 2. The molecule has 0 N–H and O–H groups in total. The van der Waals surface area contributed by atoms with Crippen LogP contribution in [0.25, 0.3) is 10.8 Å². The first kappa shape index (κ1) is 32.1. The summed E-state index contributed by atoms with van der Waals surface area (Å²) in [4.78, 5) is 4.96. The molecule has 0 saturated heterocycles. The smallest absolute Gasteiger partial charge is 0.0697 e. The van der Waals surface area contributed by atoms with Crippen molar-refractivity contribution in [1.82, 2.24) is 0 Å². The average molecular weight is 617 g/mol. The second-order valence-corrected chi connectivity index (χ2v) is 12.9. The van der Waals surface area contributed by atoms with Crippen LogP contribution >= 0.6 is 0 Å². The summed E-state index contributed by atoms with van der Waals surface area (Å²) in [6.45, 7) is 11.7. The number of fused-ring (bicyclic) bond motifs is 1. The molecule has 0 saturated carbocycles. The molecule has 0 aliphatic carbocycles. The molecule has 0 unspecified atom stereocenters. The van der Waals surface area contributed by atoms with Gasteiger partial charge in [0, 0.05) is 33.8 Å². The Kier molecular flexibility index (Phi) is 9.50. The number of anilines is 5. The maximum atomic E-state index is 2.63. The van der Waals surface area contributed by atoms with Crippen LogP contribution in [0.2, 0.25) is 0 Å². The van der Waals surface area contributed by atoms with Crippen LogP contribution in [-0.4, -0.2) is 0 Å². The number of para-hydroxylation sites is 2. The predicted molar refractivity (Wildman–Crippen MR) is 204 cm³/mol. The van der Waals surface area contributed by atoms with Gasteiger partial charge in [0.2, 0.25) is 0 Å². The Morgan fingerprint density at radius 2 is 0.894 bits per heavy atom. The fraction of sp³-hybridized carbons (Fsp3) is 0.244. The topological polar surface area (TPSA) is 6.48 Å². The molecule has 0 amide bonds. The third-order valence-corrected chi connectivity index (χ3v) is 10.7. The van der Waals surface area contributed by atoms with E-state index in [0.717, 1.165) is 42.7 Å². The van der Waals surface area contributed by atoms with E-state index in [1.54, 1.807) is 0 Å². The average Bonchev–Trinajstić information content (AvgIpc) is 3.15. The molecule has 0 heterocycles. The van der Waals surface area contributed by atoms with Gasteiger partial charge in [-0.25, -0.2) is 0 Å². The van der Waals surface area contributed by atoms with Crippen LogP contribution in [0.15, 0.2) is 152 Å². The van der Waals surface area contributed by atoms with Gasteiger partial charge in [-0.05, 0) is 102 Å². The first-order chi connectivity index (χ1) is 23.0. The summed E-state index contributed by atoms with van der Waals surface area (Å²) >= 11 is 0. The number of benzene rings is 6. The van der Waals surface area contributed by atoms with Crippen molar-refractivity contribution in [3.63, 3.8) is 0 Å². The zero-order valence-electron chi connectivity index (χ0n) is 28.7. The van der Waals surface area contributed by atoms with Crippen molar-refractivity contribution < 1.29 is 0 Å². The van der Waals surface area contributed by atoms with Gasteiger partial charge in [-0.2, -0.15) is 0 Å². The van der Waals surface area contributed by atoms with E-state index in [0.29, 0.717) is 0 Å². The summed E-state index contributed by atoms with van der Waals surface area (Å²) in [5.41, 5.74) is 8.55. The van der Waals surface area contributed by atoms with Gasteiger partial charge in [-0.15, -0.1) is 0 Å². The van der Waals surface area contributed by atoms with Crippen molar-refractivity contribution in [2.45, 2.75) is 71.3 Å². The molecule has 47 heavy (non-hydrogen) atoms. The van der Waals surface area contributed by atoms with Crippen molar-refractivity contribution in [2.75, 3.05) is 9.80 Å². The number of hydrogen-bond donors (Lipinski definition) is 0. The summed E-state index contributed by atoms with van der Waals surface area (Å²) < 4.78 is 0. The highest BCUT2D eigenvalue weighted by atomic mass is 15.2. The predicted octanol–water partition coefficient (Wildman–Crippen LogP) is 13.2. The second kappa shape index (κ2) is 13.9. The van der Waals surface area contributed by atoms with E-state index in [4.69, 9.17) is 0 Å². The Hall–Kier alpha value is -4.82. The zero-order chi connectivity index (χ0) is 32.9. The third kappa shape index (κ3) is 6.05. The lowest BCUT2D eigenvalue weighted by molar-refractivity contribution is 0.402. The van der Waals surface area contributed by atoms with Crippen LogP contribution in [-0.2, 0) is 11.0 Å². The van der Waals surface area contributed by atoms with E-state index in [1.165, 1.54) is 33.3 Å². The van der Waals surface area contributed by atoms with Gasteiger partial charge in [0.1, 0.15) is 0 Å². The van der Waals surface area contributed by atoms with Crippen LogP contribution in [0.3, 0.4) is 0 Å². The minimum Gasteiger partial charge on any atom is -0.331 e. The van der Waals surface area contributed by atoms with Crippen molar-refractivity contribution in [3.05, 3.63) is 163 Å². The highest BCUT2D eigenvalue weighted by Gasteiger charge is 2.38. The van der Waals surface area contributed by atoms with Gasteiger partial charge in [0.05, 0.1) is 5.54 Å². The van der Waals surface area contributed by atoms with Gasteiger partial charge >= 0.3 is 0 Å². The molecule has 6 aromatic carbocycles. The first-order valence-corrected chi connectivity index (χ1v) is 17.4. The largest absolute Gasteiger partial charge is 0.331 e. The van der Waals surface area contributed by atoms with Crippen LogP contribution in [0.5, 0.6) is 0 Å². The molecule has 0 spiro atoms. The number of rotatable bonds is 12. The normalized spacial score (nSPS) is 11.9. The Labute approximate surface area is 282 Å². The molecule has 0 aliphatic heterocycles. The standard InChI is InChI=1S/C45H48N2/c1-6-44(5,7-2)36-27-29-37(30-28-36)45(8-3,9-4)47(43-26-18-20-35-19-16-17-25-42(35)43)41-33-31-40(32-34-41)46(38-21-12-10-13-22-38)39-23-14-11-15-24-39/h10-34H,6-9H2,1-5H3. The molecule has 238 valence electrons. The van der Waals surface area contributed by atoms with Gasteiger partial charge in [0.15, 0.2) is 0 Å². The van der Waals surface area contributed by atoms with Crippen LogP contribution in [0.4, 0.5) is 28.4 Å². The van der Waals surface area contributed by atoms with Crippen molar-refractivity contribution in [3.8, 4) is 0 Å². The second-order valence-electron chi connectivity index (χ2n) is 12.9.